The van der Waals surface area contributed by atoms with E-state index in [1.165, 1.54) is 0 Å². The van der Waals surface area contributed by atoms with Crippen molar-refractivity contribution in [3.8, 4) is 11.4 Å². The molecule has 27 heavy (non-hydrogen) atoms. The molecule has 6 heteroatoms. The Labute approximate surface area is 160 Å². The summed E-state index contributed by atoms with van der Waals surface area (Å²) in [6, 6.07) is 9.90. The monoisotopic (exact) mass is 369 g/mol. The molecule has 2 aromatic rings. The van der Waals surface area contributed by atoms with Gasteiger partial charge in [-0.3, -0.25) is 0 Å². The molecule has 1 aromatic carbocycles. The van der Waals surface area contributed by atoms with Gasteiger partial charge < -0.3 is 14.4 Å². The van der Waals surface area contributed by atoms with Gasteiger partial charge in [0.2, 0.25) is 0 Å². The average Bonchev–Trinajstić information content (AvgIpc) is 3.29. The standard InChI is InChI=1S/C21H27N3O3/c1-21(2,3)27-20(25)23-13-15-11-17(12-16(15)14-23)26-19-8-5-4-7-18(19)24-10-6-9-22-24/h4-10,15-17H,11-14H2,1-3H3/t15-,16?,17+/m1/s1. The molecule has 0 bridgehead atoms. The van der Waals surface area contributed by atoms with Crippen molar-refractivity contribution in [1.29, 1.82) is 0 Å². The summed E-state index contributed by atoms with van der Waals surface area (Å²) in [4.78, 5) is 14.2. The van der Waals surface area contributed by atoms with Gasteiger partial charge in [0.25, 0.3) is 0 Å². The summed E-state index contributed by atoms with van der Waals surface area (Å²) in [7, 11) is 0. The number of hydrogen-bond acceptors (Lipinski definition) is 4. The lowest BCUT2D eigenvalue weighted by atomic mass is 10.0. The van der Waals surface area contributed by atoms with E-state index >= 15 is 0 Å². The second kappa shape index (κ2) is 6.91. The topological polar surface area (TPSA) is 56.6 Å². The first-order valence-electron chi connectivity index (χ1n) is 9.63. The third-order valence-electron chi connectivity index (χ3n) is 5.27. The van der Waals surface area contributed by atoms with Gasteiger partial charge in [-0.05, 0) is 63.6 Å². The van der Waals surface area contributed by atoms with Crippen LogP contribution in [0.4, 0.5) is 4.79 Å². The largest absolute Gasteiger partial charge is 0.488 e. The van der Waals surface area contributed by atoms with E-state index in [0.717, 1.165) is 37.4 Å². The molecule has 3 atom stereocenters. The third-order valence-corrected chi connectivity index (χ3v) is 5.27. The van der Waals surface area contributed by atoms with E-state index in [4.69, 9.17) is 9.47 Å². The zero-order chi connectivity index (χ0) is 19.0. The summed E-state index contributed by atoms with van der Waals surface area (Å²) in [5.74, 6) is 1.83. The van der Waals surface area contributed by atoms with Crippen LogP contribution < -0.4 is 4.74 Å². The highest BCUT2D eigenvalue weighted by Gasteiger charge is 2.44. The van der Waals surface area contributed by atoms with Crippen LogP contribution >= 0.6 is 0 Å². The summed E-state index contributed by atoms with van der Waals surface area (Å²) >= 11 is 0. The number of carbonyl (C=O) groups excluding carboxylic acids is 1. The maximum Gasteiger partial charge on any atom is 0.410 e. The number of para-hydroxylation sites is 2. The number of likely N-dealkylation sites (tertiary alicyclic amines) is 1. The minimum atomic E-state index is -0.448. The molecule has 1 aromatic heterocycles. The molecular weight excluding hydrogens is 342 g/mol. The van der Waals surface area contributed by atoms with E-state index in [1.54, 1.807) is 6.20 Å². The molecule has 1 saturated heterocycles. The summed E-state index contributed by atoms with van der Waals surface area (Å²) in [6.45, 7) is 7.24. The van der Waals surface area contributed by atoms with Crippen LogP contribution in [0.25, 0.3) is 5.69 Å². The van der Waals surface area contributed by atoms with Gasteiger partial charge >= 0.3 is 6.09 Å². The Balaban J connectivity index is 1.37. The summed E-state index contributed by atoms with van der Waals surface area (Å²) < 4.78 is 13.7. The molecule has 2 aliphatic rings. The van der Waals surface area contributed by atoms with E-state index < -0.39 is 5.60 Å². The Hall–Kier alpha value is -2.50. The molecule has 1 unspecified atom stereocenters. The fraction of sp³-hybridized carbons (Fsp3) is 0.524. The van der Waals surface area contributed by atoms with Crippen molar-refractivity contribution in [2.75, 3.05) is 13.1 Å². The van der Waals surface area contributed by atoms with E-state index in [0.29, 0.717) is 11.8 Å². The highest BCUT2D eigenvalue weighted by atomic mass is 16.6. The molecule has 0 spiro atoms. The van der Waals surface area contributed by atoms with Crippen LogP contribution in [0.3, 0.4) is 0 Å². The maximum atomic E-state index is 12.3. The van der Waals surface area contributed by atoms with Crippen molar-refractivity contribution in [3.05, 3.63) is 42.7 Å². The van der Waals surface area contributed by atoms with Crippen LogP contribution in [0, 0.1) is 11.8 Å². The first-order valence-corrected chi connectivity index (χ1v) is 9.63. The molecule has 1 aliphatic carbocycles. The normalized spacial score (nSPS) is 24.7. The molecule has 144 valence electrons. The first-order chi connectivity index (χ1) is 12.9. The van der Waals surface area contributed by atoms with Gasteiger partial charge in [-0.2, -0.15) is 5.10 Å². The zero-order valence-electron chi connectivity index (χ0n) is 16.2. The van der Waals surface area contributed by atoms with E-state index in [-0.39, 0.29) is 12.2 Å². The molecule has 1 aliphatic heterocycles. The van der Waals surface area contributed by atoms with Crippen molar-refractivity contribution >= 4 is 6.09 Å². The van der Waals surface area contributed by atoms with Crippen molar-refractivity contribution in [2.24, 2.45) is 11.8 Å². The maximum absolute atomic E-state index is 12.3. The average molecular weight is 369 g/mol. The minimum absolute atomic E-state index is 0.178. The quantitative estimate of drug-likeness (QED) is 0.823. The van der Waals surface area contributed by atoms with Crippen molar-refractivity contribution < 1.29 is 14.3 Å². The molecule has 1 saturated carbocycles. The molecule has 0 N–H and O–H groups in total. The molecule has 1 amide bonds. The lowest BCUT2D eigenvalue weighted by Crippen LogP contribution is -2.36. The fourth-order valence-corrected chi connectivity index (χ4v) is 4.15. The lowest BCUT2D eigenvalue weighted by molar-refractivity contribution is 0.0272. The smallest absolute Gasteiger partial charge is 0.410 e. The number of hydrogen-bond donors (Lipinski definition) is 0. The highest BCUT2D eigenvalue weighted by Crippen LogP contribution is 2.40. The number of nitrogens with zero attached hydrogens (tertiary/aromatic N) is 3. The van der Waals surface area contributed by atoms with E-state index in [2.05, 4.69) is 5.10 Å². The van der Waals surface area contributed by atoms with E-state index in [1.807, 2.05) is 66.9 Å². The summed E-state index contributed by atoms with van der Waals surface area (Å²) in [5, 5.41) is 4.32. The lowest BCUT2D eigenvalue weighted by Gasteiger charge is -2.25. The third kappa shape index (κ3) is 3.94. The number of aromatic nitrogens is 2. The first kappa shape index (κ1) is 17.9. The molecule has 2 heterocycles. The second-order valence-corrected chi connectivity index (χ2v) is 8.54. The predicted molar refractivity (Wildman–Crippen MR) is 102 cm³/mol. The van der Waals surface area contributed by atoms with Crippen molar-refractivity contribution in [2.45, 2.75) is 45.3 Å². The Morgan fingerprint density at radius 1 is 1.11 bits per heavy atom. The van der Waals surface area contributed by atoms with Crippen LogP contribution in [0.2, 0.25) is 0 Å². The van der Waals surface area contributed by atoms with Crippen LogP contribution in [0.1, 0.15) is 33.6 Å². The molecule has 6 nitrogen and oxygen atoms in total. The number of rotatable bonds is 3. The minimum Gasteiger partial charge on any atom is -0.488 e. The van der Waals surface area contributed by atoms with Gasteiger partial charge in [-0.1, -0.05) is 12.1 Å². The Bertz CT molecular complexity index is 783. The predicted octanol–water partition coefficient (Wildman–Crippen LogP) is 3.90. The van der Waals surface area contributed by atoms with Gasteiger partial charge in [0.1, 0.15) is 17.0 Å². The number of amides is 1. The SMILES string of the molecule is CC(C)(C)OC(=O)N1CC2C[C@@H](Oc3ccccc3-n3cccn3)C[C@@H]2C1. The summed E-state index contributed by atoms with van der Waals surface area (Å²) in [5.41, 5.74) is 0.506. The molecular formula is C21H27N3O3. The Kier molecular flexibility index (Phi) is 4.58. The van der Waals surface area contributed by atoms with Crippen LogP contribution in [0.5, 0.6) is 5.75 Å². The Morgan fingerprint density at radius 2 is 1.81 bits per heavy atom. The van der Waals surface area contributed by atoms with E-state index in [9.17, 15) is 4.79 Å². The number of fused-ring (bicyclic) bond motifs is 1. The summed E-state index contributed by atoms with van der Waals surface area (Å²) in [6.07, 6.45) is 5.61. The van der Waals surface area contributed by atoms with Crippen LogP contribution in [0.15, 0.2) is 42.7 Å². The van der Waals surface area contributed by atoms with Gasteiger partial charge in [-0.15, -0.1) is 0 Å². The number of carbonyl (C=O) groups is 1. The van der Waals surface area contributed by atoms with Crippen LogP contribution in [-0.2, 0) is 4.74 Å². The zero-order valence-corrected chi connectivity index (χ0v) is 16.2. The highest BCUT2D eigenvalue weighted by molar-refractivity contribution is 5.68. The second-order valence-electron chi connectivity index (χ2n) is 8.54. The number of ether oxygens (including phenoxy) is 2. The fourth-order valence-electron chi connectivity index (χ4n) is 4.15. The Morgan fingerprint density at radius 3 is 2.44 bits per heavy atom. The van der Waals surface area contributed by atoms with Crippen molar-refractivity contribution in [1.82, 2.24) is 14.7 Å². The van der Waals surface area contributed by atoms with Gasteiger partial charge in [0.15, 0.2) is 0 Å². The van der Waals surface area contributed by atoms with Crippen molar-refractivity contribution in [3.63, 3.8) is 0 Å². The number of benzene rings is 1. The van der Waals surface area contributed by atoms with Gasteiger partial charge in [0.05, 0.1) is 6.10 Å². The molecule has 2 fully saturated rings. The molecule has 0 radical (unpaired) electrons. The van der Waals surface area contributed by atoms with Crippen LogP contribution in [-0.4, -0.2) is 45.6 Å². The van der Waals surface area contributed by atoms with Gasteiger partial charge in [-0.25, -0.2) is 9.48 Å². The van der Waals surface area contributed by atoms with Gasteiger partial charge in [0, 0.05) is 25.5 Å². The molecule has 4 rings (SSSR count).